The molecule has 0 aromatic heterocycles. The second kappa shape index (κ2) is 63.9. The number of ether oxygens (including phenoxy) is 1. The van der Waals surface area contributed by atoms with Crippen molar-refractivity contribution in [2.45, 2.75) is 386 Å². The van der Waals surface area contributed by atoms with Gasteiger partial charge in [-0.2, -0.15) is 0 Å². The van der Waals surface area contributed by atoms with Crippen LogP contribution in [0.2, 0.25) is 0 Å². The van der Waals surface area contributed by atoms with Gasteiger partial charge in [0.15, 0.2) is 0 Å². The van der Waals surface area contributed by atoms with E-state index in [4.69, 9.17) is 4.74 Å². The minimum absolute atomic E-state index is 0.0161. The predicted octanol–water partition coefficient (Wildman–Crippen LogP) is 21.4. The van der Waals surface area contributed by atoms with E-state index in [9.17, 15) is 19.8 Å². The number of aliphatic hydroxyl groups excluding tert-OH is 2. The van der Waals surface area contributed by atoms with E-state index in [-0.39, 0.29) is 18.5 Å². The van der Waals surface area contributed by atoms with Gasteiger partial charge in [0.25, 0.3) is 0 Å². The molecule has 0 aromatic carbocycles. The molecule has 0 aromatic rings. The number of hydrogen-bond donors (Lipinski definition) is 3. The number of hydrogen-bond acceptors (Lipinski definition) is 5. The molecule has 0 aliphatic heterocycles. The first kappa shape index (κ1) is 72.3. The summed E-state index contributed by atoms with van der Waals surface area (Å²) in [6.07, 6.45) is 79.2. The van der Waals surface area contributed by atoms with Gasteiger partial charge in [0.1, 0.15) is 0 Å². The van der Waals surface area contributed by atoms with Crippen LogP contribution >= 0.6 is 0 Å². The van der Waals surface area contributed by atoms with Crippen LogP contribution in [-0.2, 0) is 14.3 Å². The fourth-order valence-electron chi connectivity index (χ4n) is 10.6. The largest absolute Gasteiger partial charge is 0.466 e. The first-order valence-electron chi connectivity index (χ1n) is 33.6. The summed E-state index contributed by atoms with van der Waals surface area (Å²) in [5, 5.41) is 23.4. The van der Waals surface area contributed by atoms with E-state index in [1.165, 1.54) is 263 Å². The van der Waals surface area contributed by atoms with Gasteiger partial charge in [0, 0.05) is 12.8 Å². The average Bonchev–Trinajstić information content (AvgIpc) is 3.40. The minimum atomic E-state index is -0.680. The summed E-state index contributed by atoms with van der Waals surface area (Å²) in [7, 11) is 0. The second-order valence-corrected chi connectivity index (χ2v) is 23.2. The van der Waals surface area contributed by atoms with Crippen LogP contribution in [0.4, 0.5) is 0 Å². The topological polar surface area (TPSA) is 95.9 Å². The normalized spacial score (nSPS) is 12.6. The Hall–Kier alpha value is -1.66. The smallest absolute Gasteiger partial charge is 0.305 e. The molecule has 6 heteroatoms. The van der Waals surface area contributed by atoms with Crippen molar-refractivity contribution in [3.8, 4) is 0 Å². The van der Waals surface area contributed by atoms with Crippen LogP contribution in [0.3, 0.4) is 0 Å². The average molecular weight is 1040 g/mol. The van der Waals surface area contributed by atoms with Crippen molar-refractivity contribution in [1.29, 1.82) is 0 Å². The zero-order chi connectivity index (χ0) is 53.6. The third-order valence-corrected chi connectivity index (χ3v) is 15.8. The Kier molecular flexibility index (Phi) is 62.4. The van der Waals surface area contributed by atoms with E-state index in [1.807, 2.05) is 0 Å². The molecule has 2 unspecified atom stereocenters. The number of aliphatic hydroxyl groups is 2. The molecule has 0 rings (SSSR count). The molecule has 6 nitrogen and oxygen atoms in total. The van der Waals surface area contributed by atoms with Crippen molar-refractivity contribution >= 4 is 11.9 Å². The molecule has 0 bridgehead atoms. The maximum Gasteiger partial charge on any atom is 0.305 e. The highest BCUT2D eigenvalue weighted by molar-refractivity contribution is 5.76. The number of nitrogens with one attached hydrogen (secondary N) is 1. The van der Waals surface area contributed by atoms with E-state index in [0.29, 0.717) is 25.9 Å². The van der Waals surface area contributed by atoms with Crippen molar-refractivity contribution in [3.63, 3.8) is 0 Å². The van der Waals surface area contributed by atoms with E-state index in [2.05, 4.69) is 43.5 Å². The SMILES string of the molecule is CCCCCCCCCCCCCCCCCCCCCCCCCCC(O)C(CO)NC(=O)CCCCCCCC/C=C\C=C/CCCCCOC(=O)CCCCCCCCCCCCCCCCCCCC. The number of unbranched alkanes of at least 4 members (excludes halogenated alkanes) is 49. The van der Waals surface area contributed by atoms with Crippen LogP contribution in [0.5, 0.6) is 0 Å². The number of rotatable bonds is 63. The molecule has 0 fully saturated rings. The van der Waals surface area contributed by atoms with Crippen molar-refractivity contribution in [2.75, 3.05) is 13.2 Å². The Morgan fingerprint density at radius 1 is 0.378 bits per heavy atom. The molecular formula is C68H131NO5. The third kappa shape index (κ3) is 59.6. The molecule has 3 N–H and O–H groups in total. The molecule has 1 amide bonds. The highest BCUT2D eigenvalue weighted by Crippen LogP contribution is 2.19. The van der Waals surface area contributed by atoms with Crippen molar-refractivity contribution in [1.82, 2.24) is 5.32 Å². The Morgan fingerprint density at radius 3 is 1.00 bits per heavy atom. The van der Waals surface area contributed by atoms with E-state index in [1.54, 1.807) is 0 Å². The lowest BCUT2D eigenvalue weighted by molar-refractivity contribution is -0.143. The molecule has 0 saturated carbocycles. The first-order valence-corrected chi connectivity index (χ1v) is 33.6. The molecule has 0 spiro atoms. The molecular weight excluding hydrogens is 911 g/mol. The van der Waals surface area contributed by atoms with Crippen LogP contribution in [0, 0.1) is 0 Å². The number of carbonyl (C=O) groups is 2. The second-order valence-electron chi connectivity index (χ2n) is 23.2. The summed E-state index contributed by atoms with van der Waals surface area (Å²) in [4.78, 5) is 24.6. The quantitative estimate of drug-likeness (QED) is 0.0320. The van der Waals surface area contributed by atoms with Crippen molar-refractivity contribution in [2.24, 2.45) is 0 Å². The minimum Gasteiger partial charge on any atom is -0.466 e. The Balaban J connectivity index is 3.47. The van der Waals surface area contributed by atoms with Crippen LogP contribution in [0.15, 0.2) is 24.3 Å². The zero-order valence-electron chi connectivity index (χ0n) is 50.1. The fraction of sp³-hybridized carbons (Fsp3) is 0.912. The third-order valence-electron chi connectivity index (χ3n) is 15.8. The van der Waals surface area contributed by atoms with Gasteiger partial charge in [-0.3, -0.25) is 9.59 Å². The first-order chi connectivity index (χ1) is 36.5. The highest BCUT2D eigenvalue weighted by atomic mass is 16.5. The maximum absolute atomic E-state index is 12.5. The van der Waals surface area contributed by atoms with Gasteiger partial charge in [-0.25, -0.2) is 0 Å². The molecule has 2 atom stereocenters. The molecule has 0 saturated heterocycles. The lowest BCUT2D eigenvalue weighted by Gasteiger charge is -2.22. The number of esters is 1. The Morgan fingerprint density at radius 2 is 0.662 bits per heavy atom. The summed E-state index contributed by atoms with van der Waals surface area (Å²) < 4.78 is 5.47. The maximum atomic E-state index is 12.5. The van der Waals surface area contributed by atoms with Gasteiger partial charge < -0.3 is 20.3 Å². The predicted molar refractivity (Wildman–Crippen MR) is 324 cm³/mol. The van der Waals surface area contributed by atoms with Gasteiger partial charge in [0.2, 0.25) is 5.91 Å². The van der Waals surface area contributed by atoms with Crippen molar-refractivity contribution < 1.29 is 24.5 Å². The van der Waals surface area contributed by atoms with Crippen LogP contribution in [-0.4, -0.2) is 47.4 Å². The van der Waals surface area contributed by atoms with Crippen molar-refractivity contribution in [3.05, 3.63) is 24.3 Å². The Bertz CT molecular complexity index is 1150. The van der Waals surface area contributed by atoms with Crippen LogP contribution < -0.4 is 5.32 Å². The molecule has 74 heavy (non-hydrogen) atoms. The van der Waals surface area contributed by atoms with E-state index in [0.717, 1.165) is 77.0 Å². The molecule has 0 radical (unpaired) electrons. The summed E-state index contributed by atoms with van der Waals surface area (Å²) in [5.41, 5.74) is 0. The van der Waals surface area contributed by atoms with Crippen LogP contribution in [0.25, 0.3) is 0 Å². The van der Waals surface area contributed by atoms with Gasteiger partial charge in [-0.05, 0) is 57.8 Å². The standard InChI is InChI=1S/C68H131NO5/c1-3-5-7-9-11-13-15-17-19-21-23-24-25-26-27-28-29-32-36-40-44-48-52-56-60-66(71)65(64-70)69-67(72)61-57-53-49-45-41-37-33-31-35-39-43-47-51-55-59-63-74-68(73)62-58-54-50-46-42-38-34-30-22-20-18-16-14-12-10-8-6-4-2/h31,35,39,43,65-66,70-71H,3-30,32-34,36-38,40-42,44-64H2,1-2H3,(H,69,72)/b35-31-,43-39-. The summed E-state index contributed by atoms with van der Waals surface area (Å²) in [5.74, 6) is -0.0692. The monoisotopic (exact) mass is 1040 g/mol. The summed E-state index contributed by atoms with van der Waals surface area (Å²) >= 11 is 0. The lowest BCUT2D eigenvalue weighted by Crippen LogP contribution is -2.45. The lowest BCUT2D eigenvalue weighted by atomic mass is 10.0. The fourth-order valence-corrected chi connectivity index (χ4v) is 10.6. The van der Waals surface area contributed by atoms with Gasteiger partial charge in [-0.1, -0.05) is 327 Å². The number of allylic oxidation sites excluding steroid dienone is 4. The molecule has 438 valence electrons. The van der Waals surface area contributed by atoms with E-state index < -0.39 is 12.1 Å². The van der Waals surface area contributed by atoms with E-state index >= 15 is 0 Å². The zero-order valence-corrected chi connectivity index (χ0v) is 50.1. The summed E-state index contributed by atoms with van der Waals surface area (Å²) in [6, 6.07) is -0.559. The molecule has 0 aliphatic rings. The molecule has 0 heterocycles. The number of amides is 1. The van der Waals surface area contributed by atoms with Crippen LogP contribution in [0.1, 0.15) is 373 Å². The molecule has 0 aliphatic carbocycles. The van der Waals surface area contributed by atoms with Gasteiger partial charge >= 0.3 is 5.97 Å². The van der Waals surface area contributed by atoms with Gasteiger partial charge in [0.05, 0.1) is 25.4 Å². The van der Waals surface area contributed by atoms with Gasteiger partial charge in [-0.15, -0.1) is 0 Å². The Labute approximate surface area is 462 Å². The number of carbonyl (C=O) groups excluding carboxylic acids is 2. The summed E-state index contributed by atoms with van der Waals surface area (Å²) in [6.45, 7) is 4.94. The highest BCUT2D eigenvalue weighted by Gasteiger charge is 2.20.